The summed E-state index contributed by atoms with van der Waals surface area (Å²) in [5.41, 5.74) is 0.468. The number of nitrogens with zero attached hydrogens (tertiary/aromatic N) is 2. The Labute approximate surface area is 209 Å². The number of hydrogen-bond donors (Lipinski definition) is 1. The van der Waals surface area contributed by atoms with Crippen LogP contribution in [0, 0.1) is 0 Å². The molecule has 10 heteroatoms. The lowest BCUT2D eigenvalue weighted by Crippen LogP contribution is -2.50. The molecule has 0 aliphatic rings. The van der Waals surface area contributed by atoms with Gasteiger partial charge in [-0.1, -0.05) is 59.6 Å². The first-order valence-corrected chi connectivity index (χ1v) is 12.6. The van der Waals surface area contributed by atoms with E-state index in [0.29, 0.717) is 15.6 Å². The molecule has 3 aromatic carbocycles. The van der Waals surface area contributed by atoms with Crippen molar-refractivity contribution in [2.45, 2.75) is 24.4 Å². The first-order valence-electron chi connectivity index (χ1n) is 10.5. The number of halogens is 2. The smallest absolute Gasteiger partial charge is 0.243 e. The largest absolute Gasteiger partial charge is 0.357 e. The molecule has 0 saturated carbocycles. The minimum atomic E-state index is -3.97. The number of amides is 2. The van der Waals surface area contributed by atoms with Gasteiger partial charge in [0.05, 0.1) is 11.4 Å². The number of carbonyl (C=O) groups is 2. The van der Waals surface area contributed by atoms with Crippen LogP contribution in [0.5, 0.6) is 0 Å². The Morgan fingerprint density at radius 3 is 2.21 bits per heavy atom. The van der Waals surface area contributed by atoms with Crippen molar-refractivity contribution >= 4 is 55.8 Å². The van der Waals surface area contributed by atoms with Crippen molar-refractivity contribution in [2.24, 2.45) is 0 Å². The number of nitrogens with one attached hydrogen (secondary N) is 1. The van der Waals surface area contributed by atoms with Crippen LogP contribution >= 0.6 is 23.2 Å². The second-order valence-electron chi connectivity index (χ2n) is 7.78. The van der Waals surface area contributed by atoms with E-state index in [1.165, 1.54) is 25.1 Å². The third-order valence-corrected chi connectivity index (χ3v) is 8.10. The molecular weight excluding hydrogens is 497 g/mol. The van der Waals surface area contributed by atoms with Gasteiger partial charge in [-0.2, -0.15) is 4.31 Å². The maximum atomic E-state index is 13.3. The molecule has 180 valence electrons. The number of fused-ring (bicyclic) bond motifs is 1. The van der Waals surface area contributed by atoms with Crippen molar-refractivity contribution < 1.29 is 18.0 Å². The summed E-state index contributed by atoms with van der Waals surface area (Å²) in [4.78, 5) is 27.0. The highest BCUT2D eigenvalue weighted by atomic mass is 35.5. The van der Waals surface area contributed by atoms with Crippen LogP contribution in [0.1, 0.15) is 12.5 Å². The maximum Gasteiger partial charge on any atom is 0.243 e. The molecule has 0 unspecified atom stereocenters. The molecule has 0 heterocycles. The molecule has 1 N–H and O–H groups in total. The van der Waals surface area contributed by atoms with Crippen LogP contribution in [0.25, 0.3) is 10.8 Å². The number of benzene rings is 3. The lowest BCUT2D eigenvalue weighted by Gasteiger charge is -2.30. The van der Waals surface area contributed by atoms with E-state index in [2.05, 4.69) is 5.32 Å². The van der Waals surface area contributed by atoms with Crippen molar-refractivity contribution in [3.05, 3.63) is 76.3 Å². The van der Waals surface area contributed by atoms with Crippen LogP contribution < -0.4 is 5.32 Å². The van der Waals surface area contributed by atoms with Crippen molar-refractivity contribution in [1.29, 1.82) is 0 Å². The topological polar surface area (TPSA) is 86.8 Å². The summed E-state index contributed by atoms with van der Waals surface area (Å²) in [5, 5.41) is 4.86. The van der Waals surface area contributed by atoms with E-state index < -0.39 is 34.4 Å². The molecule has 0 spiro atoms. The van der Waals surface area contributed by atoms with E-state index in [1.54, 1.807) is 37.3 Å². The summed E-state index contributed by atoms with van der Waals surface area (Å²) in [6, 6.07) is 16.2. The van der Waals surface area contributed by atoms with Gasteiger partial charge in [0, 0.05) is 36.2 Å². The molecule has 7 nitrogen and oxygen atoms in total. The quantitative estimate of drug-likeness (QED) is 0.486. The standard InChI is InChI=1S/C24H25Cl2N3O4S/c1-16(24(31)27-2)29(14-20-21(25)9-6-10-22(20)26)23(30)15-28(3)34(32,33)19-12-11-17-7-4-5-8-18(17)13-19/h4-13,16H,14-15H2,1-3H3,(H,27,31)/t16-/m0/s1. The Balaban J connectivity index is 1.88. The summed E-state index contributed by atoms with van der Waals surface area (Å²) in [5.74, 6) is -0.976. The van der Waals surface area contributed by atoms with E-state index in [9.17, 15) is 18.0 Å². The highest BCUT2D eigenvalue weighted by Crippen LogP contribution is 2.27. The average Bonchev–Trinajstić information content (AvgIpc) is 2.82. The Bertz CT molecular complexity index is 1310. The molecule has 2 amide bonds. The molecule has 0 aliphatic carbocycles. The maximum absolute atomic E-state index is 13.3. The Hall–Kier alpha value is -2.65. The molecule has 0 bridgehead atoms. The lowest BCUT2D eigenvalue weighted by atomic mass is 10.1. The molecule has 1 atom stereocenters. The molecule has 3 aromatic rings. The number of carbonyl (C=O) groups excluding carboxylic acids is 2. The van der Waals surface area contributed by atoms with Gasteiger partial charge in [-0.25, -0.2) is 8.42 Å². The average molecular weight is 522 g/mol. The van der Waals surface area contributed by atoms with Gasteiger partial charge in [-0.3, -0.25) is 9.59 Å². The molecular formula is C24H25Cl2N3O4S. The Morgan fingerprint density at radius 1 is 0.971 bits per heavy atom. The van der Waals surface area contributed by atoms with Gasteiger partial charge in [0.25, 0.3) is 0 Å². The summed E-state index contributed by atoms with van der Waals surface area (Å²) in [6.07, 6.45) is 0. The third kappa shape index (κ3) is 5.52. The monoisotopic (exact) mass is 521 g/mol. The van der Waals surface area contributed by atoms with Crippen LogP contribution in [0.15, 0.2) is 65.6 Å². The molecule has 0 saturated heterocycles. The van der Waals surface area contributed by atoms with E-state index in [1.807, 2.05) is 24.3 Å². The normalized spacial score (nSPS) is 12.5. The highest BCUT2D eigenvalue weighted by Gasteiger charge is 2.30. The van der Waals surface area contributed by atoms with Crippen LogP contribution in [0.4, 0.5) is 0 Å². The van der Waals surface area contributed by atoms with Gasteiger partial charge < -0.3 is 10.2 Å². The Kier molecular flexibility index (Phi) is 8.20. The number of hydrogen-bond acceptors (Lipinski definition) is 4. The zero-order valence-corrected chi connectivity index (χ0v) is 21.3. The minimum Gasteiger partial charge on any atom is -0.357 e. The number of rotatable bonds is 8. The second kappa shape index (κ2) is 10.7. The predicted molar refractivity (Wildman–Crippen MR) is 134 cm³/mol. The lowest BCUT2D eigenvalue weighted by molar-refractivity contribution is -0.140. The summed E-state index contributed by atoms with van der Waals surface area (Å²) in [7, 11) is -1.18. The fourth-order valence-corrected chi connectivity index (χ4v) is 5.19. The number of sulfonamides is 1. The van der Waals surface area contributed by atoms with Gasteiger partial charge >= 0.3 is 0 Å². The second-order valence-corrected chi connectivity index (χ2v) is 10.6. The highest BCUT2D eigenvalue weighted by molar-refractivity contribution is 7.89. The third-order valence-electron chi connectivity index (χ3n) is 5.59. The van der Waals surface area contributed by atoms with Crippen molar-refractivity contribution in [3.63, 3.8) is 0 Å². The van der Waals surface area contributed by atoms with Crippen LogP contribution in [0.3, 0.4) is 0 Å². The molecule has 3 rings (SSSR count). The van der Waals surface area contributed by atoms with Crippen LogP contribution in [-0.2, 0) is 26.2 Å². The Morgan fingerprint density at radius 2 is 1.59 bits per heavy atom. The van der Waals surface area contributed by atoms with Gasteiger partial charge in [-0.15, -0.1) is 0 Å². The minimum absolute atomic E-state index is 0.0597. The van der Waals surface area contributed by atoms with Gasteiger partial charge in [0.15, 0.2) is 0 Å². The summed E-state index contributed by atoms with van der Waals surface area (Å²) >= 11 is 12.5. The zero-order valence-electron chi connectivity index (χ0n) is 19.0. The van der Waals surface area contributed by atoms with Gasteiger partial charge in [-0.05, 0) is 42.0 Å². The molecule has 0 fully saturated rings. The van der Waals surface area contributed by atoms with E-state index >= 15 is 0 Å². The van der Waals surface area contributed by atoms with Gasteiger partial charge in [0.2, 0.25) is 21.8 Å². The van der Waals surface area contributed by atoms with Crippen LogP contribution in [0.2, 0.25) is 10.0 Å². The van der Waals surface area contributed by atoms with Crippen molar-refractivity contribution in [3.8, 4) is 0 Å². The molecule has 34 heavy (non-hydrogen) atoms. The number of likely N-dealkylation sites (N-methyl/N-ethyl adjacent to an activating group) is 2. The van der Waals surface area contributed by atoms with Crippen molar-refractivity contribution in [2.75, 3.05) is 20.6 Å². The fourth-order valence-electron chi connectivity index (χ4n) is 3.52. The molecule has 0 aromatic heterocycles. The predicted octanol–water partition coefficient (Wildman–Crippen LogP) is 3.93. The van der Waals surface area contributed by atoms with E-state index in [-0.39, 0.29) is 11.4 Å². The first kappa shape index (κ1) is 26.0. The summed E-state index contributed by atoms with van der Waals surface area (Å²) in [6.45, 7) is 1.02. The molecule has 0 aliphatic heterocycles. The van der Waals surface area contributed by atoms with Crippen LogP contribution in [-0.4, -0.2) is 56.1 Å². The van der Waals surface area contributed by atoms with E-state index in [4.69, 9.17) is 23.2 Å². The fraction of sp³-hybridized carbons (Fsp3) is 0.250. The molecule has 0 radical (unpaired) electrons. The van der Waals surface area contributed by atoms with Crippen molar-refractivity contribution in [1.82, 2.24) is 14.5 Å². The zero-order chi connectivity index (χ0) is 25.0. The SMILES string of the molecule is CNC(=O)[C@H](C)N(Cc1c(Cl)cccc1Cl)C(=O)CN(C)S(=O)(=O)c1ccc2ccccc2c1. The van der Waals surface area contributed by atoms with Gasteiger partial charge in [0.1, 0.15) is 6.04 Å². The first-order chi connectivity index (χ1) is 16.1. The van der Waals surface area contributed by atoms with E-state index in [0.717, 1.165) is 15.1 Å². The summed E-state index contributed by atoms with van der Waals surface area (Å²) < 4.78 is 27.4.